The summed E-state index contributed by atoms with van der Waals surface area (Å²) in [4.78, 5) is 19.4. The molecule has 1 unspecified atom stereocenters. The predicted octanol–water partition coefficient (Wildman–Crippen LogP) is 1.95. The number of rotatable bonds is 4. The van der Waals surface area contributed by atoms with Crippen molar-refractivity contribution in [3.8, 4) is 0 Å². The van der Waals surface area contributed by atoms with E-state index < -0.39 is 9.87 Å². The van der Waals surface area contributed by atoms with Gasteiger partial charge in [-0.25, -0.2) is 4.98 Å². The van der Waals surface area contributed by atoms with Crippen molar-refractivity contribution in [3.05, 3.63) is 39.2 Å². The zero-order valence-corrected chi connectivity index (χ0v) is 11.6. The number of aromatic nitrogens is 1. The lowest BCUT2D eigenvalue weighted by atomic mass is 10.2. The minimum atomic E-state index is -0.958. The molecule has 0 bridgehead atoms. The maximum absolute atomic E-state index is 10.8. The van der Waals surface area contributed by atoms with Crippen LogP contribution in [-0.4, -0.2) is 38.7 Å². The summed E-state index contributed by atoms with van der Waals surface area (Å²) in [6.45, 7) is 1.79. The zero-order chi connectivity index (χ0) is 13.1. The molecule has 0 N–H and O–H groups in total. The Balaban J connectivity index is 2.07. The first-order valence-corrected chi connectivity index (χ1v) is 6.54. The molecule has 1 atom stereocenters. The number of nitro groups is 1. The van der Waals surface area contributed by atoms with E-state index in [0.717, 1.165) is 5.56 Å². The molecule has 0 aliphatic carbocycles. The van der Waals surface area contributed by atoms with Crippen LogP contribution in [0.15, 0.2) is 23.3 Å². The van der Waals surface area contributed by atoms with Crippen molar-refractivity contribution in [1.29, 1.82) is 0 Å². The smallest absolute Gasteiger partial charge is 0.321 e. The van der Waals surface area contributed by atoms with Crippen LogP contribution in [0.25, 0.3) is 0 Å². The Morgan fingerprint density at radius 1 is 1.61 bits per heavy atom. The van der Waals surface area contributed by atoms with Crippen molar-refractivity contribution in [3.63, 3.8) is 0 Å². The molecule has 1 aromatic rings. The van der Waals surface area contributed by atoms with Crippen molar-refractivity contribution in [1.82, 2.24) is 9.88 Å². The van der Waals surface area contributed by atoms with Gasteiger partial charge in [0.05, 0.1) is 6.54 Å². The van der Waals surface area contributed by atoms with Crippen LogP contribution in [-0.2, 0) is 6.54 Å². The van der Waals surface area contributed by atoms with Crippen LogP contribution < -0.4 is 0 Å². The highest BCUT2D eigenvalue weighted by Gasteiger charge is 2.31. The summed E-state index contributed by atoms with van der Waals surface area (Å²) in [5, 5.41) is 11.2. The van der Waals surface area contributed by atoms with Gasteiger partial charge in [0, 0.05) is 40.1 Å². The molecule has 0 aromatic carbocycles. The molecular formula is C10H10BrClN4O2. The third kappa shape index (κ3) is 2.97. The molecule has 0 spiro atoms. The van der Waals surface area contributed by atoms with Crippen LogP contribution in [0.4, 0.5) is 0 Å². The molecule has 8 heteroatoms. The van der Waals surface area contributed by atoms with Gasteiger partial charge in [0.25, 0.3) is 0 Å². The van der Waals surface area contributed by atoms with Crippen molar-refractivity contribution < 1.29 is 4.92 Å². The van der Waals surface area contributed by atoms with E-state index in [-0.39, 0.29) is 0 Å². The molecule has 1 aromatic heterocycles. The topological polar surface area (TPSA) is 71.6 Å². The first-order chi connectivity index (χ1) is 8.58. The van der Waals surface area contributed by atoms with E-state index in [4.69, 9.17) is 11.6 Å². The zero-order valence-electron chi connectivity index (χ0n) is 9.29. The van der Waals surface area contributed by atoms with Gasteiger partial charge in [-0.15, -0.1) is 0 Å². The first kappa shape index (κ1) is 13.2. The Bertz CT molecular complexity index is 479. The average Bonchev–Trinajstić information content (AvgIpc) is 2.79. The van der Waals surface area contributed by atoms with Gasteiger partial charge in [-0.2, -0.15) is 0 Å². The monoisotopic (exact) mass is 332 g/mol. The standard InChI is InChI=1S/C10H10BrClN4O2/c11-9(16(17)18)10-13-3-4-15(10)6-7-1-2-8(12)14-5-7/h1-2,5,9H,3-4,6H2. The van der Waals surface area contributed by atoms with Gasteiger partial charge < -0.3 is 4.90 Å². The lowest BCUT2D eigenvalue weighted by molar-refractivity contribution is -0.476. The summed E-state index contributed by atoms with van der Waals surface area (Å²) in [5.74, 6) is 0.454. The summed E-state index contributed by atoms with van der Waals surface area (Å²) in [7, 11) is 0. The predicted molar refractivity (Wildman–Crippen MR) is 71.7 cm³/mol. The first-order valence-electron chi connectivity index (χ1n) is 5.25. The third-order valence-electron chi connectivity index (χ3n) is 2.53. The van der Waals surface area contributed by atoms with Crippen molar-refractivity contribution in [2.45, 2.75) is 11.5 Å². The molecule has 18 heavy (non-hydrogen) atoms. The molecule has 1 aliphatic heterocycles. The summed E-state index contributed by atoms with van der Waals surface area (Å²) in [6.07, 6.45) is 1.66. The van der Waals surface area contributed by atoms with E-state index in [1.165, 1.54) is 0 Å². The minimum absolute atomic E-state index is 0.405. The van der Waals surface area contributed by atoms with Crippen LogP contribution in [0.2, 0.25) is 5.15 Å². The second-order valence-electron chi connectivity index (χ2n) is 3.77. The van der Waals surface area contributed by atoms with E-state index in [2.05, 4.69) is 25.9 Å². The number of halogens is 2. The van der Waals surface area contributed by atoms with Crippen molar-refractivity contribution in [2.24, 2.45) is 4.99 Å². The fourth-order valence-electron chi connectivity index (χ4n) is 1.70. The number of hydrogen-bond donors (Lipinski definition) is 0. The fraction of sp³-hybridized carbons (Fsp3) is 0.400. The normalized spacial score (nSPS) is 16.6. The number of pyridine rings is 1. The van der Waals surface area contributed by atoms with E-state index >= 15 is 0 Å². The number of amidine groups is 1. The highest BCUT2D eigenvalue weighted by molar-refractivity contribution is 9.09. The van der Waals surface area contributed by atoms with Gasteiger partial charge in [-0.05, 0) is 11.6 Å². The lowest BCUT2D eigenvalue weighted by Crippen LogP contribution is -2.36. The average molecular weight is 334 g/mol. The molecular weight excluding hydrogens is 323 g/mol. The van der Waals surface area contributed by atoms with Crippen molar-refractivity contribution in [2.75, 3.05) is 13.1 Å². The SMILES string of the molecule is O=[N+]([O-])C(Br)C1=NCCN1Cc1ccc(Cl)nc1. The minimum Gasteiger partial charge on any atom is -0.348 e. The number of aliphatic imine (C=N–C) groups is 1. The highest BCUT2D eigenvalue weighted by atomic mass is 79.9. The van der Waals surface area contributed by atoms with E-state index in [0.29, 0.717) is 30.6 Å². The molecule has 96 valence electrons. The molecule has 0 saturated carbocycles. The number of hydrogen-bond acceptors (Lipinski definition) is 5. The second kappa shape index (κ2) is 5.62. The molecule has 2 heterocycles. The van der Waals surface area contributed by atoms with Crippen LogP contribution >= 0.6 is 27.5 Å². The van der Waals surface area contributed by atoms with E-state index in [9.17, 15) is 10.1 Å². The Morgan fingerprint density at radius 2 is 2.39 bits per heavy atom. The molecule has 0 amide bonds. The van der Waals surface area contributed by atoms with Gasteiger partial charge in [0.15, 0.2) is 5.84 Å². The quantitative estimate of drug-likeness (QED) is 0.277. The van der Waals surface area contributed by atoms with Gasteiger partial charge in [-0.3, -0.25) is 15.1 Å². The van der Waals surface area contributed by atoms with Crippen molar-refractivity contribution >= 4 is 33.4 Å². The van der Waals surface area contributed by atoms with Crippen LogP contribution in [0, 0.1) is 10.1 Å². The molecule has 0 fully saturated rings. The molecule has 1 aliphatic rings. The summed E-state index contributed by atoms with van der Waals surface area (Å²) in [6, 6.07) is 3.55. The summed E-state index contributed by atoms with van der Waals surface area (Å²) >= 11 is 8.73. The van der Waals surface area contributed by atoms with Crippen LogP contribution in [0.3, 0.4) is 0 Å². The molecule has 0 radical (unpaired) electrons. The summed E-state index contributed by atoms with van der Waals surface area (Å²) in [5.41, 5.74) is 0.942. The molecule has 6 nitrogen and oxygen atoms in total. The van der Waals surface area contributed by atoms with Crippen LogP contribution in [0.5, 0.6) is 0 Å². The maximum Gasteiger partial charge on any atom is 0.321 e. The van der Waals surface area contributed by atoms with Gasteiger partial charge in [0.2, 0.25) is 0 Å². The second-order valence-corrected chi connectivity index (χ2v) is 5.03. The Kier molecular flexibility index (Phi) is 4.13. The highest BCUT2D eigenvalue weighted by Crippen LogP contribution is 2.16. The fourth-order valence-corrected chi connectivity index (χ4v) is 2.25. The van der Waals surface area contributed by atoms with Crippen LogP contribution in [0.1, 0.15) is 5.56 Å². The van der Waals surface area contributed by atoms with Gasteiger partial charge >= 0.3 is 4.95 Å². The third-order valence-corrected chi connectivity index (χ3v) is 3.50. The largest absolute Gasteiger partial charge is 0.348 e. The van der Waals surface area contributed by atoms with E-state index in [1.54, 1.807) is 12.3 Å². The summed E-state index contributed by atoms with van der Waals surface area (Å²) < 4.78 is 0. The Morgan fingerprint density at radius 3 is 3.00 bits per heavy atom. The Hall–Kier alpha value is -1.21. The lowest BCUT2D eigenvalue weighted by Gasteiger charge is -2.19. The Labute approximate surface area is 117 Å². The van der Waals surface area contributed by atoms with Gasteiger partial charge in [0.1, 0.15) is 5.15 Å². The number of nitrogens with zero attached hydrogens (tertiary/aromatic N) is 4. The molecule has 2 rings (SSSR count). The number of alkyl halides is 1. The van der Waals surface area contributed by atoms with Gasteiger partial charge in [-0.1, -0.05) is 17.7 Å². The van der Waals surface area contributed by atoms with E-state index in [1.807, 2.05) is 11.0 Å². The molecule has 0 saturated heterocycles. The maximum atomic E-state index is 10.8.